The first-order chi connectivity index (χ1) is 11.6. The van der Waals surface area contributed by atoms with Gasteiger partial charge in [0.15, 0.2) is 0 Å². The summed E-state index contributed by atoms with van der Waals surface area (Å²) in [4.78, 5) is 17.2. The Morgan fingerprint density at radius 2 is 2.04 bits per heavy atom. The van der Waals surface area contributed by atoms with Crippen LogP contribution in [0.25, 0.3) is 0 Å². The zero-order chi connectivity index (χ0) is 17.1. The molecule has 0 aromatic heterocycles. The van der Waals surface area contributed by atoms with Gasteiger partial charge in [-0.2, -0.15) is 5.26 Å². The third-order valence-electron chi connectivity index (χ3n) is 5.41. The lowest BCUT2D eigenvalue weighted by atomic mass is 9.84. The number of likely N-dealkylation sites (tertiary alicyclic amines) is 2. The Hall–Kier alpha value is -2.06. The molecule has 2 heterocycles. The van der Waals surface area contributed by atoms with Crippen LogP contribution in [0.2, 0.25) is 0 Å². The topological polar surface area (TPSA) is 59.4 Å². The first-order valence-corrected chi connectivity index (χ1v) is 8.84. The average molecular weight is 326 g/mol. The smallest absolute Gasteiger partial charge is 0.318 e. The van der Waals surface area contributed by atoms with E-state index in [4.69, 9.17) is 5.26 Å². The van der Waals surface area contributed by atoms with Gasteiger partial charge >= 0.3 is 6.03 Å². The third-order valence-corrected chi connectivity index (χ3v) is 5.41. The van der Waals surface area contributed by atoms with Crippen LogP contribution in [0.5, 0.6) is 0 Å². The van der Waals surface area contributed by atoms with Crippen LogP contribution in [-0.2, 0) is 0 Å². The molecule has 3 atom stereocenters. The SMILES string of the molecule is C[C@H](NC(=O)N1CCC[C@@H]2CN(C)CC[C@H]21)c1ccc(C#N)cc1. The number of nitriles is 1. The molecule has 2 aliphatic rings. The van der Waals surface area contributed by atoms with Gasteiger partial charge in [0.2, 0.25) is 0 Å². The Morgan fingerprint density at radius 3 is 2.75 bits per heavy atom. The molecule has 3 rings (SSSR count). The number of nitrogens with one attached hydrogen (secondary N) is 1. The monoisotopic (exact) mass is 326 g/mol. The van der Waals surface area contributed by atoms with Gasteiger partial charge in [-0.25, -0.2) is 4.79 Å². The number of rotatable bonds is 2. The Labute approximate surface area is 144 Å². The fourth-order valence-corrected chi connectivity index (χ4v) is 4.04. The highest BCUT2D eigenvalue weighted by Crippen LogP contribution is 2.30. The van der Waals surface area contributed by atoms with E-state index in [0.29, 0.717) is 17.5 Å². The number of piperidine rings is 2. The van der Waals surface area contributed by atoms with Crippen LogP contribution in [0.3, 0.4) is 0 Å². The molecule has 5 nitrogen and oxygen atoms in total. The summed E-state index contributed by atoms with van der Waals surface area (Å²) in [6, 6.07) is 9.91. The normalized spacial score (nSPS) is 25.5. The zero-order valence-electron chi connectivity index (χ0n) is 14.5. The Morgan fingerprint density at radius 1 is 1.29 bits per heavy atom. The molecule has 24 heavy (non-hydrogen) atoms. The van der Waals surface area contributed by atoms with Crippen molar-refractivity contribution in [1.29, 1.82) is 5.26 Å². The van der Waals surface area contributed by atoms with Gasteiger partial charge in [0, 0.05) is 19.1 Å². The molecular weight excluding hydrogens is 300 g/mol. The second kappa shape index (κ2) is 7.23. The molecule has 2 fully saturated rings. The maximum Gasteiger partial charge on any atom is 0.318 e. The molecular formula is C19H26N4O. The zero-order valence-corrected chi connectivity index (χ0v) is 14.5. The number of urea groups is 1. The number of amides is 2. The van der Waals surface area contributed by atoms with Gasteiger partial charge in [-0.05, 0) is 63.4 Å². The van der Waals surface area contributed by atoms with Crippen molar-refractivity contribution in [3.8, 4) is 6.07 Å². The van der Waals surface area contributed by atoms with Crippen LogP contribution in [-0.4, -0.2) is 48.6 Å². The summed E-state index contributed by atoms with van der Waals surface area (Å²) >= 11 is 0. The summed E-state index contributed by atoms with van der Waals surface area (Å²) < 4.78 is 0. The van der Waals surface area contributed by atoms with Gasteiger partial charge in [0.05, 0.1) is 17.7 Å². The van der Waals surface area contributed by atoms with E-state index in [0.717, 1.165) is 38.0 Å². The lowest BCUT2D eigenvalue weighted by Gasteiger charge is -2.46. The van der Waals surface area contributed by atoms with Gasteiger partial charge < -0.3 is 15.1 Å². The van der Waals surface area contributed by atoms with E-state index < -0.39 is 0 Å². The van der Waals surface area contributed by atoms with Crippen molar-refractivity contribution in [3.05, 3.63) is 35.4 Å². The Bertz CT molecular complexity index is 621. The highest BCUT2D eigenvalue weighted by Gasteiger charge is 2.37. The fourth-order valence-electron chi connectivity index (χ4n) is 4.04. The number of benzene rings is 1. The van der Waals surface area contributed by atoms with Crippen molar-refractivity contribution in [3.63, 3.8) is 0 Å². The maximum absolute atomic E-state index is 12.8. The molecule has 1 aromatic carbocycles. The molecule has 0 radical (unpaired) electrons. The molecule has 0 aliphatic carbocycles. The second-order valence-electron chi connectivity index (χ2n) is 7.12. The number of nitrogens with zero attached hydrogens (tertiary/aromatic N) is 3. The quantitative estimate of drug-likeness (QED) is 0.909. The summed E-state index contributed by atoms with van der Waals surface area (Å²) in [6.07, 6.45) is 3.39. The van der Waals surface area contributed by atoms with Crippen molar-refractivity contribution < 1.29 is 4.79 Å². The molecule has 5 heteroatoms. The molecule has 1 N–H and O–H groups in total. The summed E-state index contributed by atoms with van der Waals surface area (Å²) in [5.74, 6) is 0.605. The largest absolute Gasteiger partial charge is 0.331 e. The van der Waals surface area contributed by atoms with E-state index in [2.05, 4.69) is 28.2 Å². The van der Waals surface area contributed by atoms with Gasteiger partial charge in [0.1, 0.15) is 0 Å². The van der Waals surface area contributed by atoms with Crippen LogP contribution in [0.4, 0.5) is 4.79 Å². The maximum atomic E-state index is 12.8. The second-order valence-corrected chi connectivity index (χ2v) is 7.12. The molecule has 0 bridgehead atoms. The predicted molar refractivity (Wildman–Crippen MR) is 93.4 cm³/mol. The standard InChI is InChI=1S/C19H26N4O/c1-14(16-7-5-15(12-20)6-8-16)21-19(24)23-10-3-4-17-13-22(2)11-9-18(17)23/h5-8,14,17-18H,3-4,9-11,13H2,1-2H3,(H,21,24)/t14-,17+,18+/m0/s1. The number of carbonyl (C=O) groups excluding carboxylic acids is 1. The molecule has 128 valence electrons. The van der Waals surface area contributed by atoms with Crippen LogP contribution in [0.15, 0.2) is 24.3 Å². The van der Waals surface area contributed by atoms with Gasteiger partial charge in [-0.1, -0.05) is 12.1 Å². The first-order valence-electron chi connectivity index (χ1n) is 8.84. The van der Waals surface area contributed by atoms with Crippen molar-refractivity contribution in [2.24, 2.45) is 5.92 Å². The van der Waals surface area contributed by atoms with Crippen molar-refractivity contribution in [1.82, 2.24) is 15.1 Å². The third kappa shape index (κ3) is 3.54. The molecule has 2 amide bonds. The lowest BCUT2D eigenvalue weighted by Crippen LogP contribution is -2.57. The summed E-state index contributed by atoms with van der Waals surface area (Å²) in [6.45, 7) is 5.02. The molecule has 0 unspecified atom stereocenters. The summed E-state index contributed by atoms with van der Waals surface area (Å²) in [5.41, 5.74) is 1.67. The summed E-state index contributed by atoms with van der Waals surface area (Å²) in [7, 11) is 2.17. The first kappa shape index (κ1) is 16.8. The molecule has 2 aliphatic heterocycles. The minimum atomic E-state index is -0.0584. The van der Waals surface area contributed by atoms with E-state index >= 15 is 0 Å². The van der Waals surface area contributed by atoms with E-state index in [1.165, 1.54) is 6.42 Å². The summed E-state index contributed by atoms with van der Waals surface area (Å²) in [5, 5.41) is 12.0. The van der Waals surface area contributed by atoms with Gasteiger partial charge in [-0.15, -0.1) is 0 Å². The molecule has 0 saturated carbocycles. The number of carbonyl (C=O) groups is 1. The highest BCUT2D eigenvalue weighted by atomic mass is 16.2. The van der Waals surface area contributed by atoms with Gasteiger partial charge in [0.25, 0.3) is 0 Å². The van der Waals surface area contributed by atoms with Crippen molar-refractivity contribution in [2.75, 3.05) is 26.7 Å². The Balaban J connectivity index is 1.64. The average Bonchev–Trinajstić information content (AvgIpc) is 2.60. The van der Waals surface area contributed by atoms with Crippen LogP contribution in [0, 0.1) is 17.2 Å². The highest BCUT2D eigenvalue weighted by molar-refractivity contribution is 5.75. The van der Waals surface area contributed by atoms with Gasteiger partial charge in [-0.3, -0.25) is 0 Å². The minimum Gasteiger partial charge on any atom is -0.331 e. The van der Waals surface area contributed by atoms with Crippen molar-refractivity contribution >= 4 is 6.03 Å². The lowest BCUT2D eigenvalue weighted by molar-refractivity contribution is 0.0525. The van der Waals surface area contributed by atoms with E-state index in [1.54, 1.807) is 12.1 Å². The minimum absolute atomic E-state index is 0.0473. The van der Waals surface area contributed by atoms with E-state index in [1.807, 2.05) is 19.1 Å². The Kier molecular flexibility index (Phi) is 5.06. The predicted octanol–water partition coefficient (Wildman–Crippen LogP) is 2.74. The number of hydrogen-bond acceptors (Lipinski definition) is 3. The van der Waals surface area contributed by atoms with E-state index in [9.17, 15) is 4.79 Å². The van der Waals surface area contributed by atoms with Crippen LogP contribution < -0.4 is 5.32 Å². The number of hydrogen-bond donors (Lipinski definition) is 1. The van der Waals surface area contributed by atoms with E-state index in [-0.39, 0.29) is 12.1 Å². The van der Waals surface area contributed by atoms with Crippen LogP contribution >= 0.6 is 0 Å². The molecule has 2 saturated heterocycles. The molecule has 1 aromatic rings. The van der Waals surface area contributed by atoms with Crippen molar-refractivity contribution in [2.45, 2.75) is 38.3 Å². The fraction of sp³-hybridized carbons (Fsp3) is 0.579. The molecule has 0 spiro atoms. The van der Waals surface area contributed by atoms with Crippen LogP contribution in [0.1, 0.15) is 43.4 Å². The number of fused-ring (bicyclic) bond motifs is 1.